The average Bonchev–Trinajstić information content (AvgIpc) is 3.02. The van der Waals surface area contributed by atoms with E-state index in [1.807, 2.05) is 55.6 Å². The van der Waals surface area contributed by atoms with E-state index in [0.29, 0.717) is 47.0 Å². The van der Waals surface area contributed by atoms with Crippen molar-refractivity contribution < 1.29 is 23.1 Å². The van der Waals surface area contributed by atoms with Gasteiger partial charge >= 0.3 is 5.97 Å². The van der Waals surface area contributed by atoms with E-state index in [1.165, 1.54) is 31.0 Å². The van der Waals surface area contributed by atoms with Gasteiger partial charge in [-0.2, -0.15) is 11.8 Å². The van der Waals surface area contributed by atoms with Crippen molar-refractivity contribution in [3.63, 3.8) is 0 Å². The van der Waals surface area contributed by atoms with Crippen LogP contribution in [0.5, 0.6) is 0 Å². The number of amides is 1. The van der Waals surface area contributed by atoms with Gasteiger partial charge in [-0.1, -0.05) is 86.7 Å². The lowest BCUT2D eigenvalue weighted by molar-refractivity contribution is -0.139. The number of thioether (sulfide) groups is 1. The molecule has 1 fully saturated rings. The normalized spacial score (nSPS) is 15.5. The van der Waals surface area contributed by atoms with Gasteiger partial charge in [0.25, 0.3) is 5.91 Å². The number of aryl methyl sites for hydroxylation is 1. The summed E-state index contributed by atoms with van der Waals surface area (Å²) in [5, 5.41) is 11.8. The Morgan fingerprint density at radius 1 is 0.930 bits per heavy atom. The fourth-order valence-corrected chi connectivity index (χ4v) is 8.32. The van der Waals surface area contributed by atoms with Crippen LogP contribution in [0.25, 0.3) is 11.1 Å². The molecule has 2 N–H and O–H groups in total. The number of benzene rings is 3. The summed E-state index contributed by atoms with van der Waals surface area (Å²) in [6.07, 6.45) is 10.0. The number of rotatable bonds is 14. The van der Waals surface area contributed by atoms with Gasteiger partial charge in [0.2, 0.25) is 0 Å². The van der Waals surface area contributed by atoms with Gasteiger partial charge in [0, 0.05) is 5.56 Å². The van der Waals surface area contributed by atoms with E-state index in [1.54, 1.807) is 30.3 Å². The number of carboxylic acid groups (broad SMARTS) is 1. The second kappa shape index (κ2) is 15.6. The van der Waals surface area contributed by atoms with E-state index in [9.17, 15) is 23.1 Å². The number of aliphatic carboxylic acids is 1. The number of carbonyl (C=O) groups is 2. The largest absolute Gasteiger partial charge is 0.480 e. The lowest BCUT2D eigenvalue weighted by Gasteiger charge is -2.25. The van der Waals surface area contributed by atoms with Gasteiger partial charge in [-0.25, -0.2) is 13.2 Å². The summed E-state index contributed by atoms with van der Waals surface area (Å²) < 4.78 is 27.9. The van der Waals surface area contributed by atoms with Gasteiger partial charge in [-0.05, 0) is 91.0 Å². The van der Waals surface area contributed by atoms with Gasteiger partial charge in [-0.15, -0.1) is 0 Å². The average molecular weight is 622 g/mol. The first-order chi connectivity index (χ1) is 20.7. The topological polar surface area (TPSA) is 101 Å². The fraction of sp³-hybridized carbons (Fsp3) is 0.429. The predicted octanol–water partition coefficient (Wildman–Crippen LogP) is 7.34. The Hall–Kier alpha value is -3.10. The number of sulfone groups is 1. The van der Waals surface area contributed by atoms with Crippen molar-refractivity contribution in [2.24, 2.45) is 5.92 Å². The summed E-state index contributed by atoms with van der Waals surface area (Å²) in [6.45, 7) is 1.97. The molecule has 8 heteroatoms. The van der Waals surface area contributed by atoms with Gasteiger partial charge in [-0.3, -0.25) is 4.79 Å². The molecule has 0 heterocycles. The number of carboxylic acids is 1. The van der Waals surface area contributed by atoms with Crippen LogP contribution in [0.3, 0.4) is 0 Å². The molecule has 2 atom stereocenters. The third kappa shape index (κ3) is 8.73. The molecule has 3 aromatic rings. The van der Waals surface area contributed by atoms with Crippen LogP contribution in [0.4, 0.5) is 0 Å². The smallest absolute Gasteiger partial charge is 0.326 e. The van der Waals surface area contributed by atoms with Crippen LogP contribution in [0.2, 0.25) is 0 Å². The van der Waals surface area contributed by atoms with E-state index in [2.05, 4.69) is 5.32 Å². The molecule has 0 aromatic heterocycles. The Bertz CT molecular complexity index is 1480. The lowest BCUT2D eigenvalue weighted by atomic mass is 9.85. The first kappa shape index (κ1) is 32.8. The fourth-order valence-electron chi connectivity index (χ4n) is 6.07. The van der Waals surface area contributed by atoms with Crippen LogP contribution in [-0.2, 0) is 21.1 Å². The molecule has 6 nitrogen and oxygen atoms in total. The molecule has 1 aliphatic carbocycles. The molecule has 0 saturated heterocycles. The predicted molar refractivity (Wildman–Crippen MR) is 175 cm³/mol. The summed E-state index contributed by atoms with van der Waals surface area (Å²) in [7, 11) is -3.59. The van der Waals surface area contributed by atoms with Crippen LogP contribution in [0, 0.1) is 12.8 Å². The maximum absolute atomic E-state index is 13.9. The number of hydrogen-bond acceptors (Lipinski definition) is 5. The molecule has 1 unspecified atom stereocenters. The van der Waals surface area contributed by atoms with Crippen molar-refractivity contribution in [1.29, 1.82) is 0 Å². The summed E-state index contributed by atoms with van der Waals surface area (Å²) >= 11 is 1.53. The molecule has 4 rings (SSSR count). The summed E-state index contributed by atoms with van der Waals surface area (Å²) in [4.78, 5) is 25.7. The minimum Gasteiger partial charge on any atom is -0.480 e. The van der Waals surface area contributed by atoms with Crippen LogP contribution < -0.4 is 5.32 Å². The second-order valence-corrected chi connectivity index (χ2v) is 14.8. The number of carbonyl (C=O) groups excluding carboxylic acids is 1. The lowest BCUT2D eigenvalue weighted by Crippen LogP contribution is -2.41. The Morgan fingerprint density at radius 2 is 1.63 bits per heavy atom. The van der Waals surface area contributed by atoms with E-state index >= 15 is 0 Å². The van der Waals surface area contributed by atoms with Gasteiger partial charge in [0.05, 0.1) is 10.1 Å². The Labute approximate surface area is 260 Å². The van der Waals surface area contributed by atoms with Crippen LogP contribution in [0.15, 0.2) is 77.7 Å². The van der Waals surface area contributed by atoms with Crippen molar-refractivity contribution in [3.05, 3.63) is 89.5 Å². The minimum absolute atomic E-state index is 0.319. The first-order valence-corrected chi connectivity index (χ1v) is 18.1. The van der Waals surface area contributed by atoms with E-state index in [0.717, 1.165) is 36.0 Å². The third-order valence-corrected chi connectivity index (χ3v) is 11.4. The monoisotopic (exact) mass is 621 g/mol. The molecule has 0 radical (unpaired) electrons. The molecule has 1 saturated carbocycles. The summed E-state index contributed by atoms with van der Waals surface area (Å²) in [5.41, 5.74) is 3.70. The molecule has 230 valence electrons. The highest BCUT2D eigenvalue weighted by Gasteiger charge is 2.30. The van der Waals surface area contributed by atoms with Gasteiger partial charge < -0.3 is 10.4 Å². The maximum Gasteiger partial charge on any atom is 0.326 e. The summed E-state index contributed by atoms with van der Waals surface area (Å²) in [5.74, 6) is -0.351. The standard InChI is InChI=1S/C35H43NO5S2/c1-25-11-9-10-16-30(25)32-24-27(18-20-31(32)34(37)36-33(35(38)39)21-22-42-2)23-29(19-17-26-12-5-3-6-13-26)43(40,41)28-14-7-4-8-15-28/h4,7-11,14-16,18,20,24,26,29,33H,3,5-6,12-13,17,19,21-23H2,1-2H3,(H,36,37)(H,38,39)/t29?,33-/m0/s1. The molecular weight excluding hydrogens is 579 g/mol. The molecule has 1 aliphatic rings. The molecule has 0 bridgehead atoms. The van der Waals surface area contributed by atoms with E-state index < -0.39 is 33.0 Å². The Kier molecular flexibility index (Phi) is 11.9. The van der Waals surface area contributed by atoms with Crippen LogP contribution >= 0.6 is 11.8 Å². The zero-order valence-corrected chi connectivity index (χ0v) is 26.8. The molecular formula is C35H43NO5S2. The molecule has 0 spiro atoms. The highest BCUT2D eigenvalue weighted by Crippen LogP contribution is 2.33. The Morgan fingerprint density at radius 3 is 2.30 bits per heavy atom. The quantitative estimate of drug-likeness (QED) is 0.195. The molecule has 43 heavy (non-hydrogen) atoms. The van der Waals surface area contributed by atoms with Crippen molar-refractivity contribution in [2.45, 2.75) is 80.9 Å². The summed E-state index contributed by atoms with van der Waals surface area (Å²) in [6, 6.07) is 20.9. The zero-order chi connectivity index (χ0) is 30.8. The highest BCUT2D eigenvalue weighted by molar-refractivity contribution is 7.98. The van der Waals surface area contributed by atoms with Crippen molar-refractivity contribution in [2.75, 3.05) is 12.0 Å². The van der Waals surface area contributed by atoms with Crippen LogP contribution in [-0.4, -0.2) is 48.7 Å². The molecule has 3 aromatic carbocycles. The SMILES string of the molecule is CSCC[C@H](NC(=O)c1ccc(CC(CCC2CCCCC2)S(=O)(=O)c2ccccc2)cc1-c1ccccc1C)C(=O)O. The van der Waals surface area contributed by atoms with Gasteiger partial charge in [0.1, 0.15) is 6.04 Å². The van der Waals surface area contributed by atoms with Crippen molar-refractivity contribution in [3.8, 4) is 11.1 Å². The van der Waals surface area contributed by atoms with E-state index in [4.69, 9.17) is 0 Å². The molecule has 0 aliphatic heterocycles. The highest BCUT2D eigenvalue weighted by atomic mass is 32.2. The molecule has 1 amide bonds. The minimum atomic E-state index is -3.59. The van der Waals surface area contributed by atoms with Crippen molar-refractivity contribution in [1.82, 2.24) is 5.32 Å². The maximum atomic E-state index is 13.9. The van der Waals surface area contributed by atoms with Crippen molar-refractivity contribution >= 4 is 33.5 Å². The van der Waals surface area contributed by atoms with Gasteiger partial charge in [0.15, 0.2) is 9.84 Å². The number of hydrogen-bond donors (Lipinski definition) is 2. The Balaban J connectivity index is 1.69. The first-order valence-electron chi connectivity index (χ1n) is 15.2. The number of nitrogens with one attached hydrogen (secondary N) is 1. The zero-order valence-electron chi connectivity index (χ0n) is 25.1. The van der Waals surface area contributed by atoms with E-state index in [-0.39, 0.29) is 0 Å². The third-order valence-electron chi connectivity index (χ3n) is 8.57. The second-order valence-electron chi connectivity index (χ2n) is 11.6. The van der Waals surface area contributed by atoms with Crippen LogP contribution in [0.1, 0.15) is 72.9 Å².